The molecule has 0 bridgehead atoms. The van der Waals surface area contributed by atoms with E-state index in [-0.39, 0.29) is 11.6 Å². The van der Waals surface area contributed by atoms with Crippen LogP contribution in [0.2, 0.25) is 0 Å². The highest BCUT2D eigenvalue weighted by Gasteiger charge is 2.16. The van der Waals surface area contributed by atoms with Crippen molar-refractivity contribution in [2.75, 3.05) is 14.2 Å². The molecule has 0 aliphatic carbocycles. The molecule has 0 amide bonds. The highest BCUT2D eigenvalue weighted by molar-refractivity contribution is 9.08. The van der Waals surface area contributed by atoms with Gasteiger partial charge in [-0.1, -0.05) is 50.1 Å². The second-order valence-corrected chi connectivity index (χ2v) is 7.68. The molecule has 0 atom stereocenters. The van der Waals surface area contributed by atoms with Crippen molar-refractivity contribution in [3.05, 3.63) is 94.0 Å². The molecule has 30 heavy (non-hydrogen) atoms. The van der Waals surface area contributed by atoms with Crippen molar-refractivity contribution in [1.29, 1.82) is 0 Å². The summed E-state index contributed by atoms with van der Waals surface area (Å²) in [6, 6.07) is 17.4. The van der Waals surface area contributed by atoms with E-state index in [2.05, 4.69) is 31.9 Å². The first-order valence-electron chi connectivity index (χ1n) is 9.17. The molecule has 0 saturated carbocycles. The first-order valence-corrected chi connectivity index (χ1v) is 11.4. The molecule has 0 spiro atoms. The van der Waals surface area contributed by atoms with Gasteiger partial charge in [-0.3, -0.25) is 9.59 Å². The molecule has 3 rings (SSSR count). The van der Waals surface area contributed by atoms with Crippen molar-refractivity contribution >= 4 is 43.4 Å². The quantitative estimate of drug-likeness (QED) is 0.266. The third kappa shape index (κ3) is 4.65. The van der Waals surface area contributed by atoms with Gasteiger partial charge >= 0.3 is 0 Å². The van der Waals surface area contributed by atoms with Crippen LogP contribution in [0.1, 0.15) is 43.0 Å². The molecule has 0 fully saturated rings. The lowest BCUT2D eigenvalue weighted by Gasteiger charge is -2.10. The van der Waals surface area contributed by atoms with E-state index in [1.165, 1.54) is 0 Å². The summed E-state index contributed by atoms with van der Waals surface area (Å²) in [5, 5.41) is 1.15. The number of carbonyl (C=O) groups is 2. The van der Waals surface area contributed by atoms with Gasteiger partial charge in [-0.25, -0.2) is 0 Å². The van der Waals surface area contributed by atoms with Gasteiger partial charge in [-0.05, 0) is 42.5 Å². The molecular formula is C24H20Br2O4. The number of benzene rings is 3. The number of ether oxygens (including phenoxy) is 2. The van der Waals surface area contributed by atoms with Crippen LogP contribution in [0.3, 0.4) is 0 Å². The van der Waals surface area contributed by atoms with Crippen LogP contribution < -0.4 is 9.47 Å². The summed E-state index contributed by atoms with van der Waals surface area (Å²) < 4.78 is 10.6. The monoisotopic (exact) mass is 530 g/mol. The molecule has 0 aliphatic rings. The minimum Gasteiger partial charge on any atom is -0.496 e. The largest absolute Gasteiger partial charge is 0.496 e. The zero-order valence-electron chi connectivity index (χ0n) is 16.6. The number of hydrogen-bond acceptors (Lipinski definition) is 4. The van der Waals surface area contributed by atoms with Crippen LogP contribution in [0.4, 0.5) is 0 Å². The van der Waals surface area contributed by atoms with Crippen molar-refractivity contribution in [3.8, 4) is 11.5 Å². The minimum atomic E-state index is -0.148. The topological polar surface area (TPSA) is 52.6 Å². The molecule has 3 aromatic rings. The normalized spacial score (nSPS) is 10.5. The Morgan fingerprint density at radius 3 is 1.43 bits per heavy atom. The fourth-order valence-electron chi connectivity index (χ4n) is 3.18. The van der Waals surface area contributed by atoms with E-state index < -0.39 is 0 Å². The number of methoxy groups -OCH3 is 2. The van der Waals surface area contributed by atoms with Crippen molar-refractivity contribution in [1.82, 2.24) is 0 Å². The molecule has 0 unspecified atom stereocenters. The molecular weight excluding hydrogens is 512 g/mol. The number of ketones is 2. The van der Waals surface area contributed by atoms with E-state index in [1.807, 2.05) is 0 Å². The van der Waals surface area contributed by atoms with Crippen molar-refractivity contribution in [2.45, 2.75) is 10.7 Å². The lowest BCUT2D eigenvalue weighted by atomic mass is 9.96. The molecule has 0 saturated heterocycles. The third-order valence-electron chi connectivity index (χ3n) is 4.76. The number of rotatable bonds is 8. The van der Waals surface area contributed by atoms with Crippen molar-refractivity contribution in [3.63, 3.8) is 0 Å². The molecule has 4 nitrogen and oxygen atoms in total. The smallest absolute Gasteiger partial charge is 0.193 e. The molecule has 0 aliphatic heterocycles. The van der Waals surface area contributed by atoms with Gasteiger partial charge in [0, 0.05) is 44.0 Å². The maximum Gasteiger partial charge on any atom is 0.193 e. The highest BCUT2D eigenvalue weighted by atomic mass is 79.9. The summed E-state index contributed by atoms with van der Waals surface area (Å²) in [5.41, 5.74) is 3.77. The minimum absolute atomic E-state index is 0.148. The highest BCUT2D eigenvalue weighted by Crippen LogP contribution is 2.26. The Morgan fingerprint density at radius 1 is 0.667 bits per heavy atom. The SMILES string of the molecule is COc1ccc(C(=O)c2cccc(C(=O)c3ccc(OC)c(CBr)c3)c2)cc1CBr. The van der Waals surface area contributed by atoms with E-state index >= 15 is 0 Å². The summed E-state index contributed by atoms with van der Waals surface area (Å²) in [4.78, 5) is 26.0. The molecule has 154 valence electrons. The fourth-order valence-corrected chi connectivity index (χ4v) is 4.06. The second kappa shape index (κ2) is 10.0. The lowest BCUT2D eigenvalue weighted by Crippen LogP contribution is -2.07. The molecule has 0 heterocycles. The van der Waals surface area contributed by atoms with Gasteiger partial charge in [0.15, 0.2) is 11.6 Å². The Balaban J connectivity index is 1.92. The molecule has 0 aromatic heterocycles. The van der Waals surface area contributed by atoms with Gasteiger partial charge in [-0.2, -0.15) is 0 Å². The Hall–Kier alpha value is -2.44. The van der Waals surface area contributed by atoms with Gasteiger partial charge in [0.2, 0.25) is 0 Å². The van der Waals surface area contributed by atoms with Crippen LogP contribution in [0, 0.1) is 0 Å². The summed E-state index contributed by atoms with van der Waals surface area (Å²) in [7, 11) is 3.19. The average Bonchev–Trinajstić information content (AvgIpc) is 2.82. The van der Waals surface area contributed by atoms with E-state index in [9.17, 15) is 9.59 Å². The first-order chi connectivity index (χ1) is 14.5. The van der Waals surface area contributed by atoms with E-state index in [1.54, 1.807) is 74.9 Å². The van der Waals surface area contributed by atoms with E-state index in [4.69, 9.17) is 9.47 Å². The average molecular weight is 532 g/mol. The van der Waals surface area contributed by atoms with Crippen LogP contribution in [0.25, 0.3) is 0 Å². The maximum atomic E-state index is 13.0. The Labute approximate surface area is 192 Å². The van der Waals surface area contributed by atoms with Crippen molar-refractivity contribution < 1.29 is 19.1 Å². The van der Waals surface area contributed by atoms with Crippen LogP contribution >= 0.6 is 31.9 Å². The number of carbonyl (C=O) groups excluding carboxylic acids is 2. The summed E-state index contributed by atoms with van der Waals surface area (Å²) in [6.07, 6.45) is 0. The summed E-state index contributed by atoms with van der Waals surface area (Å²) in [5.74, 6) is 1.14. The van der Waals surface area contributed by atoms with Crippen LogP contribution in [0.15, 0.2) is 60.7 Å². The van der Waals surface area contributed by atoms with Gasteiger partial charge in [0.25, 0.3) is 0 Å². The molecule has 6 heteroatoms. The zero-order valence-corrected chi connectivity index (χ0v) is 19.7. The van der Waals surface area contributed by atoms with Crippen molar-refractivity contribution in [2.24, 2.45) is 0 Å². The van der Waals surface area contributed by atoms with Crippen LogP contribution in [-0.2, 0) is 10.7 Å². The number of halogens is 2. The lowest BCUT2D eigenvalue weighted by molar-refractivity contribution is 0.103. The number of hydrogen-bond donors (Lipinski definition) is 0. The third-order valence-corrected chi connectivity index (χ3v) is 5.97. The predicted molar refractivity (Wildman–Crippen MR) is 125 cm³/mol. The second-order valence-electron chi connectivity index (χ2n) is 6.56. The molecule has 0 N–H and O–H groups in total. The van der Waals surface area contributed by atoms with E-state index in [0.29, 0.717) is 32.9 Å². The van der Waals surface area contributed by atoms with Gasteiger partial charge < -0.3 is 9.47 Å². The molecule has 3 aromatic carbocycles. The van der Waals surface area contributed by atoms with Gasteiger partial charge in [0.05, 0.1) is 14.2 Å². The van der Waals surface area contributed by atoms with E-state index in [0.717, 1.165) is 22.6 Å². The van der Waals surface area contributed by atoms with Gasteiger partial charge in [-0.15, -0.1) is 0 Å². The Kier molecular flexibility index (Phi) is 7.45. The first kappa shape index (κ1) is 22.2. The zero-order chi connectivity index (χ0) is 21.7. The Bertz CT molecular complexity index is 1010. The Morgan fingerprint density at radius 2 is 1.07 bits per heavy atom. The maximum absolute atomic E-state index is 13.0. The van der Waals surface area contributed by atoms with Crippen LogP contribution in [0.5, 0.6) is 11.5 Å². The summed E-state index contributed by atoms with van der Waals surface area (Å²) >= 11 is 6.84. The standard InChI is InChI=1S/C24H20Br2O4/c1-29-21-8-6-17(11-19(21)13-25)23(27)15-4-3-5-16(10-15)24(28)18-7-9-22(30-2)20(12-18)14-26/h3-12H,13-14H2,1-2H3. The fraction of sp³-hybridized carbons (Fsp3) is 0.167. The van der Waals surface area contributed by atoms with Crippen LogP contribution in [-0.4, -0.2) is 25.8 Å². The number of alkyl halides is 2. The van der Waals surface area contributed by atoms with Gasteiger partial charge in [0.1, 0.15) is 11.5 Å². The summed E-state index contributed by atoms with van der Waals surface area (Å²) in [6.45, 7) is 0. The predicted octanol–water partition coefficient (Wildman–Crippen LogP) is 5.96. The molecule has 0 radical (unpaired) electrons.